The van der Waals surface area contributed by atoms with Crippen LogP contribution in [0.25, 0.3) is 11.0 Å². The lowest BCUT2D eigenvalue weighted by molar-refractivity contribution is 0.0516. The van der Waals surface area contributed by atoms with Crippen LogP contribution in [0.5, 0.6) is 0 Å². The summed E-state index contributed by atoms with van der Waals surface area (Å²) >= 11 is 0. The molecule has 0 amide bonds. The van der Waals surface area contributed by atoms with E-state index in [1.807, 2.05) is 19.2 Å². The van der Waals surface area contributed by atoms with Crippen LogP contribution in [0.1, 0.15) is 17.4 Å². The van der Waals surface area contributed by atoms with E-state index >= 15 is 0 Å². The molecule has 78 valence electrons. The number of nitrogens with zero attached hydrogens (tertiary/aromatic N) is 2. The first-order valence-corrected chi connectivity index (χ1v) is 4.81. The molecule has 0 N–H and O–H groups in total. The van der Waals surface area contributed by atoms with Crippen molar-refractivity contribution in [3.8, 4) is 0 Å². The molecule has 0 unspecified atom stereocenters. The molecule has 2 rings (SSSR count). The molecule has 0 bridgehead atoms. The second kappa shape index (κ2) is 3.73. The highest BCUT2D eigenvalue weighted by Crippen LogP contribution is 2.16. The Kier molecular flexibility index (Phi) is 2.41. The Morgan fingerprint density at radius 2 is 2.40 bits per heavy atom. The molecule has 0 aromatic carbocycles. The van der Waals surface area contributed by atoms with Gasteiger partial charge in [-0.2, -0.15) is 0 Å². The van der Waals surface area contributed by atoms with Gasteiger partial charge < -0.3 is 9.30 Å². The summed E-state index contributed by atoms with van der Waals surface area (Å²) in [7, 11) is 1.81. The van der Waals surface area contributed by atoms with Gasteiger partial charge in [-0.1, -0.05) is 0 Å². The van der Waals surface area contributed by atoms with Crippen LogP contribution in [0.3, 0.4) is 0 Å². The number of aryl methyl sites for hydroxylation is 1. The van der Waals surface area contributed by atoms with Crippen LogP contribution in [0.15, 0.2) is 24.4 Å². The summed E-state index contributed by atoms with van der Waals surface area (Å²) in [4.78, 5) is 15.8. The number of aromatic nitrogens is 2. The molecule has 0 aliphatic rings. The summed E-state index contributed by atoms with van der Waals surface area (Å²) in [5.74, 6) is -0.307. The highest BCUT2D eigenvalue weighted by atomic mass is 16.5. The standard InChI is InChI=1S/C11H12N2O2/c1-3-15-11(14)9-7-8-5-4-6-12-10(8)13(9)2/h4-7H,3H2,1-2H3. The van der Waals surface area contributed by atoms with E-state index in [0.717, 1.165) is 11.0 Å². The van der Waals surface area contributed by atoms with Gasteiger partial charge >= 0.3 is 5.97 Å². The van der Waals surface area contributed by atoms with Gasteiger partial charge in [0.1, 0.15) is 11.3 Å². The van der Waals surface area contributed by atoms with Gasteiger partial charge in [-0.05, 0) is 25.1 Å². The Labute approximate surface area is 87.5 Å². The largest absolute Gasteiger partial charge is 0.461 e. The number of pyridine rings is 1. The summed E-state index contributed by atoms with van der Waals surface area (Å²) in [6.45, 7) is 2.17. The number of ether oxygens (including phenoxy) is 1. The molecule has 15 heavy (non-hydrogen) atoms. The molecule has 0 saturated heterocycles. The normalized spacial score (nSPS) is 10.5. The fourth-order valence-electron chi connectivity index (χ4n) is 1.56. The van der Waals surface area contributed by atoms with Gasteiger partial charge in [0, 0.05) is 18.6 Å². The third kappa shape index (κ3) is 1.58. The third-order valence-electron chi connectivity index (χ3n) is 2.27. The quantitative estimate of drug-likeness (QED) is 0.700. The summed E-state index contributed by atoms with van der Waals surface area (Å²) in [6, 6.07) is 5.56. The van der Waals surface area contributed by atoms with Crippen LogP contribution in [0.4, 0.5) is 0 Å². The Balaban J connectivity index is 2.53. The number of rotatable bonds is 2. The Hall–Kier alpha value is -1.84. The highest BCUT2D eigenvalue weighted by molar-refractivity contribution is 5.94. The molecular weight excluding hydrogens is 192 g/mol. The Bertz CT molecular complexity index is 502. The van der Waals surface area contributed by atoms with Crippen molar-refractivity contribution in [1.29, 1.82) is 0 Å². The number of hydrogen-bond acceptors (Lipinski definition) is 3. The maximum atomic E-state index is 11.6. The molecule has 0 saturated carbocycles. The van der Waals surface area contributed by atoms with Gasteiger partial charge in [0.25, 0.3) is 0 Å². The second-order valence-corrected chi connectivity index (χ2v) is 3.23. The number of carbonyl (C=O) groups is 1. The van der Waals surface area contributed by atoms with Crippen LogP contribution in [0, 0.1) is 0 Å². The van der Waals surface area contributed by atoms with Crippen molar-refractivity contribution < 1.29 is 9.53 Å². The lowest BCUT2D eigenvalue weighted by atomic mass is 10.3. The summed E-state index contributed by atoms with van der Waals surface area (Å²) < 4.78 is 6.69. The van der Waals surface area contributed by atoms with Crippen molar-refractivity contribution in [2.24, 2.45) is 7.05 Å². The van der Waals surface area contributed by atoms with Gasteiger partial charge in [-0.25, -0.2) is 9.78 Å². The third-order valence-corrected chi connectivity index (χ3v) is 2.27. The zero-order valence-electron chi connectivity index (χ0n) is 8.73. The van der Waals surface area contributed by atoms with Crippen molar-refractivity contribution >= 4 is 17.0 Å². The molecule has 0 radical (unpaired) electrons. The highest BCUT2D eigenvalue weighted by Gasteiger charge is 2.14. The average Bonchev–Trinajstić information content (AvgIpc) is 2.57. The monoisotopic (exact) mass is 204 g/mol. The SMILES string of the molecule is CCOC(=O)c1cc2cccnc2n1C. The van der Waals surface area contributed by atoms with Crippen molar-refractivity contribution in [2.45, 2.75) is 6.92 Å². The first-order valence-electron chi connectivity index (χ1n) is 4.81. The van der Waals surface area contributed by atoms with E-state index in [2.05, 4.69) is 4.98 Å². The topological polar surface area (TPSA) is 44.1 Å². The second-order valence-electron chi connectivity index (χ2n) is 3.23. The first kappa shape index (κ1) is 9.71. The van der Waals surface area contributed by atoms with E-state index < -0.39 is 0 Å². The molecule has 0 aliphatic carbocycles. The summed E-state index contributed by atoms with van der Waals surface area (Å²) in [6.07, 6.45) is 1.71. The summed E-state index contributed by atoms with van der Waals surface area (Å²) in [5, 5.41) is 0.947. The maximum Gasteiger partial charge on any atom is 0.355 e. The molecule has 2 heterocycles. The number of hydrogen-bond donors (Lipinski definition) is 0. The van der Waals surface area contributed by atoms with Crippen LogP contribution in [0.2, 0.25) is 0 Å². The van der Waals surface area contributed by atoms with Gasteiger partial charge in [-0.15, -0.1) is 0 Å². The van der Waals surface area contributed by atoms with Gasteiger partial charge in [-0.3, -0.25) is 0 Å². The molecular formula is C11H12N2O2. The Morgan fingerprint density at radius 1 is 1.60 bits per heavy atom. The van der Waals surface area contributed by atoms with Gasteiger partial charge in [0.2, 0.25) is 0 Å². The van der Waals surface area contributed by atoms with Crippen LogP contribution >= 0.6 is 0 Å². The summed E-state index contributed by atoms with van der Waals surface area (Å²) in [5.41, 5.74) is 1.33. The number of carbonyl (C=O) groups excluding carboxylic acids is 1. The predicted octanol–water partition coefficient (Wildman–Crippen LogP) is 1.75. The van der Waals surface area contributed by atoms with Crippen LogP contribution < -0.4 is 0 Å². The molecule has 4 nitrogen and oxygen atoms in total. The van der Waals surface area contributed by atoms with Crippen molar-refractivity contribution in [3.63, 3.8) is 0 Å². The van der Waals surface area contributed by atoms with Gasteiger partial charge in [0.05, 0.1) is 6.61 Å². The molecule has 4 heteroatoms. The van der Waals surface area contributed by atoms with E-state index in [9.17, 15) is 4.79 Å². The number of esters is 1. The lowest BCUT2D eigenvalue weighted by Crippen LogP contribution is -2.09. The molecule has 0 aliphatic heterocycles. The van der Waals surface area contributed by atoms with Crippen LogP contribution in [-0.4, -0.2) is 22.1 Å². The molecule has 0 fully saturated rings. The zero-order valence-corrected chi connectivity index (χ0v) is 8.73. The first-order chi connectivity index (χ1) is 7.24. The molecule has 2 aromatic rings. The molecule has 2 aromatic heterocycles. The zero-order chi connectivity index (χ0) is 10.8. The lowest BCUT2D eigenvalue weighted by Gasteiger charge is -2.02. The molecule has 0 atom stereocenters. The average molecular weight is 204 g/mol. The smallest absolute Gasteiger partial charge is 0.355 e. The van der Waals surface area contributed by atoms with E-state index in [1.165, 1.54) is 0 Å². The predicted molar refractivity (Wildman–Crippen MR) is 56.7 cm³/mol. The fraction of sp³-hybridized carbons (Fsp3) is 0.273. The molecule has 0 spiro atoms. The maximum absolute atomic E-state index is 11.6. The van der Waals surface area contributed by atoms with E-state index in [-0.39, 0.29) is 5.97 Å². The minimum atomic E-state index is -0.307. The van der Waals surface area contributed by atoms with E-state index in [0.29, 0.717) is 12.3 Å². The van der Waals surface area contributed by atoms with Crippen molar-refractivity contribution in [3.05, 3.63) is 30.1 Å². The minimum Gasteiger partial charge on any atom is -0.461 e. The van der Waals surface area contributed by atoms with Crippen molar-refractivity contribution in [2.75, 3.05) is 6.61 Å². The van der Waals surface area contributed by atoms with Gasteiger partial charge in [0.15, 0.2) is 0 Å². The van der Waals surface area contributed by atoms with E-state index in [4.69, 9.17) is 4.74 Å². The van der Waals surface area contributed by atoms with Crippen LogP contribution in [-0.2, 0) is 11.8 Å². The van der Waals surface area contributed by atoms with Crippen molar-refractivity contribution in [1.82, 2.24) is 9.55 Å². The minimum absolute atomic E-state index is 0.307. The fourth-order valence-corrected chi connectivity index (χ4v) is 1.56. The number of fused-ring (bicyclic) bond motifs is 1. The Morgan fingerprint density at radius 3 is 3.07 bits per heavy atom. The van der Waals surface area contributed by atoms with E-state index in [1.54, 1.807) is 23.8 Å².